The van der Waals surface area contributed by atoms with Gasteiger partial charge in [0.25, 0.3) is 0 Å². The van der Waals surface area contributed by atoms with Crippen LogP contribution in [0.3, 0.4) is 0 Å². The van der Waals surface area contributed by atoms with Crippen molar-refractivity contribution in [3.8, 4) is 0 Å². The third-order valence-electron chi connectivity index (χ3n) is 1.09. The highest BCUT2D eigenvalue weighted by Gasteiger charge is 1.94. The lowest BCUT2D eigenvalue weighted by atomic mass is 10.3. The first-order valence-electron chi connectivity index (χ1n) is 4.18. The van der Waals surface area contributed by atoms with Gasteiger partial charge in [-0.25, -0.2) is 4.99 Å². The van der Waals surface area contributed by atoms with Crippen LogP contribution < -0.4 is 5.32 Å². The zero-order valence-corrected chi connectivity index (χ0v) is 8.39. The summed E-state index contributed by atoms with van der Waals surface area (Å²) in [6, 6.07) is 0.402. The van der Waals surface area contributed by atoms with E-state index < -0.39 is 0 Å². The number of nitrogens with zero attached hydrogens (tertiary/aromatic N) is 1. The second kappa shape index (κ2) is 5.58. The second-order valence-electron chi connectivity index (χ2n) is 3.06. The minimum absolute atomic E-state index is 0.402. The number of hydrogen-bond acceptors (Lipinski definition) is 2. The van der Waals surface area contributed by atoms with Gasteiger partial charge in [-0.3, -0.25) is 0 Å². The molecule has 0 aromatic carbocycles. The van der Waals surface area contributed by atoms with Crippen molar-refractivity contribution in [1.29, 1.82) is 0 Å². The third kappa shape index (κ3) is 5.71. The van der Waals surface area contributed by atoms with Crippen LogP contribution in [0.4, 0.5) is 0 Å². The van der Waals surface area contributed by atoms with Gasteiger partial charge in [0.15, 0.2) is 0 Å². The maximum atomic E-state index is 4.17. The van der Waals surface area contributed by atoms with Crippen LogP contribution >= 0.6 is 0 Å². The second-order valence-corrected chi connectivity index (χ2v) is 3.06. The molecule has 0 saturated carbocycles. The lowest BCUT2D eigenvalue weighted by Crippen LogP contribution is -2.21. The van der Waals surface area contributed by atoms with Gasteiger partial charge in [-0.15, -0.1) is 0 Å². The number of nitrogens with one attached hydrogen (secondary N) is 1. The summed E-state index contributed by atoms with van der Waals surface area (Å²) >= 11 is 0. The van der Waals surface area contributed by atoms with Crippen molar-refractivity contribution in [3.05, 3.63) is 24.0 Å². The Morgan fingerprint density at radius 3 is 2.42 bits per heavy atom. The molecule has 2 heteroatoms. The monoisotopic (exact) mass is 166 g/mol. The fourth-order valence-corrected chi connectivity index (χ4v) is 0.784. The molecule has 0 aromatic rings. The Morgan fingerprint density at radius 1 is 1.50 bits per heavy atom. The van der Waals surface area contributed by atoms with E-state index in [1.165, 1.54) is 0 Å². The summed E-state index contributed by atoms with van der Waals surface area (Å²) < 4.78 is 0. The van der Waals surface area contributed by atoms with Crippen LogP contribution in [0.25, 0.3) is 0 Å². The van der Waals surface area contributed by atoms with Gasteiger partial charge in [0.05, 0.1) is 0 Å². The number of aliphatic imine (C=N–C) groups is 1. The molecule has 0 amide bonds. The fraction of sp³-hybridized carbons (Fsp3) is 0.500. The molecule has 0 unspecified atom stereocenters. The molecule has 0 fully saturated rings. The van der Waals surface area contributed by atoms with E-state index in [0.29, 0.717) is 6.04 Å². The maximum Gasteiger partial charge on any atom is 0.125 e. The molecule has 0 rings (SSSR count). The number of allylic oxidation sites excluding steroid dienone is 2. The highest BCUT2D eigenvalue weighted by atomic mass is 15.0. The Morgan fingerprint density at radius 2 is 2.08 bits per heavy atom. The molecule has 1 N–H and O–H groups in total. The molecule has 0 spiro atoms. The van der Waals surface area contributed by atoms with Crippen molar-refractivity contribution in [3.63, 3.8) is 0 Å². The topological polar surface area (TPSA) is 24.4 Å². The minimum atomic E-state index is 0.402. The lowest BCUT2D eigenvalue weighted by Gasteiger charge is -2.09. The molecule has 0 radical (unpaired) electrons. The van der Waals surface area contributed by atoms with Gasteiger partial charge in [0.2, 0.25) is 0 Å². The average molecular weight is 166 g/mol. The summed E-state index contributed by atoms with van der Waals surface area (Å²) in [4.78, 5) is 4.17. The van der Waals surface area contributed by atoms with Gasteiger partial charge in [-0.05, 0) is 33.8 Å². The van der Waals surface area contributed by atoms with E-state index >= 15 is 0 Å². The minimum Gasteiger partial charge on any atom is -0.368 e. The van der Waals surface area contributed by atoms with E-state index in [9.17, 15) is 0 Å². The van der Waals surface area contributed by atoms with Crippen molar-refractivity contribution in [1.82, 2.24) is 5.32 Å². The van der Waals surface area contributed by atoms with Crippen LogP contribution in [0.2, 0.25) is 0 Å². The Bertz CT molecular complexity index is 200. The van der Waals surface area contributed by atoms with Crippen molar-refractivity contribution in [2.45, 2.75) is 33.7 Å². The van der Waals surface area contributed by atoms with Crippen LogP contribution in [0.5, 0.6) is 0 Å². The molecule has 68 valence electrons. The molecule has 0 heterocycles. The molecule has 0 aliphatic carbocycles. The molecule has 0 aliphatic rings. The van der Waals surface area contributed by atoms with Crippen LogP contribution in [-0.4, -0.2) is 12.3 Å². The van der Waals surface area contributed by atoms with Gasteiger partial charge < -0.3 is 5.32 Å². The van der Waals surface area contributed by atoms with E-state index in [4.69, 9.17) is 0 Å². The maximum absolute atomic E-state index is 4.17. The van der Waals surface area contributed by atoms with Crippen molar-refractivity contribution >= 4 is 6.21 Å². The third-order valence-corrected chi connectivity index (χ3v) is 1.09. The first-order chi connectivity index (χ1) is 5.56. The molecule has 2 nitrogen and oxygen atoms in total. The first-order valence-corrected chi connectivity index (χ1v) is 4.18. The summed E-state index contributed by atoms with van der Waals surface area (Å²) in [5, 5.41) is 3.21. The molecular weight excluding hydrogens is 148 g/mol. The van der Waals surface area contributed by atoms with Crippen LogP contribution in [-0.2, 0) is 0 Å². The molecular formula is C10H18N2. The summed E-state index contributed by atoms with van der Waals surface area (Å²) in [6.45, 7) is 11.8. The highest BCUT2D eigenvalue weighted by Crippen LogP contribution is 1.99. The average Bonchev–Trinajstić information content (AvgIpc) is 1.84. The Labute approximate surface area is 75.1 Å². The zero-order valence-electron chi connectivity index (χ0n) is 8.39. The van der Waals surface area contributed by atoms with Gasteiger partial charge in [0, 0.05) is 12.3 Å². The van der Waals surface area contributed by atoms with Crippen molar-refractivity contribution in [2.24, 2.45) is 4.99 Å². The van der Waals surface area contributed by atoms with E-state index in [0.717, 1.165) is 11.4 Å². The molecule has 12 heavy (non-hydrogen) atoms. The fourth-order valence-electron chi connectivity index (χ4n) is 0.784. The Kier molecular flexibility index (Phi) is 5.09. The molecule has 0 aliphatic heterocycles. The lowest BCUT2D eigenvalue weighted by molar-refractivity contribution is 0.663. The van der Waals surface area contributed by atoms with Crippen LogP contribution in [0, 0.1) is 0 Å². The largest absolute Gasteiger partial charge is 0.368 e. The quantitative estimate of drug-likeness (QED) is 0.503. The van der Waals surface area contributed by atoms with E-state index in [-0.39, 0.29) is 0 Å². The standard InChI is InChI=1S/C10H18N2/c1-6-11-10(7-8(2)3)12-9(4)5/h6-7,9,12H,2H2,1,3-5H3/b10-7+,11-6-. The SMILES string of the molecule is C=C(C)/C=C(\N=C/C)NC(C)C. The normalized spacial score (nSPS) is 12.6. The highest BCUT2D eigenvalue weighted by molar-refractivity contribution is 5.55. The van der Waals surface area contributed by atoms with Crippen LogP contribution in [0.1, 0.15) is 27.7 Å². The molecule has 0 atom stereocenters. The first kappa shape index (κ1) is 11.0. The van der Waals surface area contributed by atoms with Crippen LogP contribution in [0.15, 0.2) is 29.0 Å². The van der Waals surface area contributed by atoms with Crippen molar-refractivity contribution in [2.75, 3.05) is 0 Å². The summed E-state index contributed by atoms with van der Waals surface area (Å²) in [6.07, 6.45) is 3.70. The Hall–Kier alpha value is -1.05. The van der Waals surface area contributed by atoms with Gasteiger partial charge in [-0.1, -0.05) is 12.2 Å². The number of rotatable bonds is 4. The van der Waals surface area contributed by atoms with Gasteiger partial charge in [0.1, 0.15) is 5.82 Å². The van der Waals surface area contributed by atoms with E-state index in [2.05, 4.69) is 30.7 Å². The smallest absolute Gasteiger partial charge is 0.125 e. The summed E-state index contributed by atoms with van der Waals surface area (Å²) in [5.74, 6) is 0.875. The zero-order chi connectivity index (χ0) is 9.56. The number of hydrogen-bond donors (Lipinski definition) is 1. The van der Waals surface area contributed by atoms with Crippen molar-refractivity contribution < 1.29 is 0 Å². The summed E-state index contributed by atoms with van der Waals surface area (Å²) in [5.41, 5.74) is 1.00. The molecule has 0 bridgehead atoms. The van der Waals surface area contributed by atoms with Gasteiger partial charge >= 0.3 is 0 Å². The predicted octanol–water partition coefficient (Wildman–Crippen LogP) is 2.49. The molecule has 0 saturated heterocycles. The van der Waals surface area contributed by atoms with E-state index in [1.54, 1.807) is 6.21 Å². The Balaban J connectivity index is 4.33. The molecule has 0 aromatic heterocycles. The summed E-state index contributed by atoms with van der Waals surface area (Å²) in [7, 11) is 0. The van der Waals surface area contributed by atoms with E-state index in [1.807, 2.05) is 19.9 Å². The predicted molar refractivity (Wildman–Crippen MR) is 55.3 cm³/mol. The van der Waals surface area contributed by atoms with Gasteiger partial charge in [-0.2, -0.15) is 0 Å².